The topological polar surface area (TPSA) is 128 Å². The number of aliphatic hydroxyl groups is 1. The van der Waals surface area contributed by atoms with E-state index in [1.165, 1.54) is 12.1 Å². The Morgan fingerprint density at radius 1 is 1.00 bits per heavy atom. The third kappa shape index (κ3) is 8.19. The molecule has 4 N–H and O–H groups in total. The number of carbonyl (C=O) groups excluding carboxylic acids is 2. The van der Waals surface area contributed by atoms with Gasteiger partial charge in [0.25, 0.3) is 5.91 Å². The van der Waals surface area contributed by atoms with Gasteiger partial charge in [-0.3, -0.25) is 4.79 Å². The average molecular weight is 606 g/mol. The van der Waals surface area contributed by atoms with Gasteiger partial charge in [-0.05, 0) is 97.4 Å². The molecule has 234 valence electrons. The molecule has 0 heterocycles. The quantitative estimate of drug-likeness (QED) is 0.297. The van der Waals surface area contributed by atoms with Crippen LogP contribution in [0.5, 0.6) is 5.75 Å². The zero-order valence-corrected chi connectivity index (χ0v) is 24.4. The van der Waals surface area contributed by atoms with Crippen LogP contribution in [0.1, 0.15) is 80.4 Å². The van der Waals surface area contributed by atoms with Gasteiger partial charge in [0, 0.05) is 17.3 Å². The van der Waals surface area contributed by atoms with Crippen molar-refractivity contribution in [2.24, 2.45) is 11.3 Å². The summed E-state index contributed by atoms with van der Waals surface area (Å²) in [7, 11) is 0. The van der Waals surface area contributed by atoms with Gasteiger partial charge < -0.3 is 30.5 Å². The molecule has 0 aliphatic heterocycles. The lowest BCUT2D eigenvalue weighted by molar-refractivity contribution is -0.274. The van der Waals surface area contributed by atoms with Crippen LogP contribution in [0.2, 0.25) is 0 Å². The number of carboxylic acid groups (broad SMARTS) is 1. The van der Waals surface area contributed by atoms with Crippen LogP contribution in [-0.4, -0.2) is 58.1 Å². The summed E-state index contributed by atoms with van der Waals surface area (Å²) >= 11 is 0. The number of amides is 3. The smallest absolute Gasteiger partial charge is 0.479 e. The molecule has 2 aliphatic carbocycles. The van der Waals surface area contributed by atoms with E-state index in [1.807, 2.05) is 4.90 Å². The van der Waals surface area contributed by atoms with Gasteiger partial charge in [-0.25, -0.2) is 9.59 Å². The molecule has 1 saturated carbocycles. The van der Waals surface area contributed by atoms with Crippen molar-refractivity contribution in [3.8, 4) is 5.75 Å². The predicted molar refractivity (Wildman–Crippen MR) is 153 cm³/mol. The van der Waals surface area contributed by atoms with E-state index in [2.05, 4.69) is 36.1 Å². The molecular formula is C31H38F3N3O6. The van der Waals surface area contributed by atoms with Crippen LogP contribution in [0.4, 0.5) is 23.7 Å². The third-order valence-electron chi connectivity index (χ3n) is 8.42. The first-order valence-corrected chi connectivity index (χ1v) is 14.4. The van der Waals surface area contributed by atoms with Crippen LogP contribution in [0.3, 0.4) is 0 Å². The second-order valence-corrected chi connectivity index (χ2v) is 12.3. The number of urea groups is 1. The third-order valence-corrected chi connectivity index (χ3v) is 8.42. The Morgan fingerprint density at radius 2 is 1.65 bits per heavy atom. The summed E-state index contributed by atoms with van der Waals surface area (Å²) in [6.07, 6.45) is -1.74. The number of carboxylic acids is 1. The highest BCUT2D eigenvalue weighted by molar-refractivity contribution is 5.95. The number of nitrogens with zero attached hydrogens (tertiary/aromatic N) is 1. The highest BCUT2D eigenvalue weighted by Gasteiger charge is 2.39. The van der Waals surface area contributed by atoms with E-state index in [0.29, 0.717) is 30.0 Å². The molecule has 0 radical (unpaired) electrons. The number of hydrogen-bond donors (Lipinski definition) is 4. The molecule has 0 spiro atoms. The molecule has 1 fully saturated rings. The fourth-order valence-corrected chi connectivity index (χ4v) is 6.11. The highest BCUT2D eigenvalue weighted by atomic mass is 19.4. The first kappa shape index (κ1) is 32.1. The number of aryl methyl sites for hydroxylation is 1. The largest absolute Gasteiger partial charge is 0.573 e. The fraction of sp³-hybridized carbons (Fsp3) is 0.516. The van der Waals surface area contributed by atoms with E-state index < -0.39 is 30.9 Å². The molecule has 9 nitrogen and oxygen atoms in total. The van der Waals surface area contributed by atoms with Gasteiger partial charge >= 0.3 is 18.4 Å². The van der Waals surface area contributed by atoms with Gasteiger partial charge in [0.1, 0.15) is 5.75 Å². The van der Waals surface area contributed by atoms with Crippen molar-refractivity contribution < 1.29 is 42.5 Å². The number of hydrogen-bond acceptors (Lipinski definition) is 5. The lowest BCUT2D eigenvalue weighted by atomic mass is 9.71. The molecule has 2 aromatic carbocycles. The molecule has 2 aromatic rings. The van der Waals surface area contributed by atoms with E-state index in [4.69, 9.17) is 5.11 Å². The van der Waals surface area contributed by atoms with Crippen LogP contribution in [0, 0.1) is 11.3 Å². The van der Waals surface area contributed by atoms with Crippen LogP contribution in [0.15, 0.2) is 42.5 Å². The molecule has 43 heavy (non-hydrogen) atoms. The number of aliphatic carboxylic acids is 1. The van der Waals surface area contributed by atoms with Crippen molar-refractivity contribution in [2.75, 3.05) is 11.9 Å². The maximum absolute atomic E-state index is 13.8. The van der Waals surface area contributed by atoms with Gasteiger partial charge in [-0.1, -0.05) is 26.8 Å². The lowest BCUT2D eigenvalue weighted by Gasteiger charge is -2.43. The fourth-order valence-electron chi connectivity index (χ4n) is 6.11. The Balaban J connectivity index is 1.54. The second kappa shape index (κ2) is 12.8. The molecule has 0 saturated heterocycles. The minimum absolute atomic E-state index is 0.0529. The zero-order chi connectivity index (χ0) is 31.5. The highest BCUT2D eigenvalue weighted by Crippen LogP contribution is 2.44. The van der Waals surface area contributed by atoms with Crippen molar-refractivity contribution in [2.45, 2.75) is 83.8 Å². The van der Waals surface area contributed by atoms with E-state index in [-0.39, 0.29) is 29.3 Å². The van der Waals surface area contributed by atoms with Crippen LogP contribution < -0.4 is 15.4 Å². The van der Waals surface area contributed by atoms with Crippen LogP contribution >= 0.6 is 0 Å². The molecule has 3 amide bonds. The van der Waals surface area contributed by atoms with Crippen molar-refractivity contribution >= 4 is 23.6 Å². The van der Waals surface area contributed by atoms with Gasteiger partial charge in [0.05, 0.1) is 12.6 Å². The molecule has 0 bridgehead atoms. The summed E-state index contributed by atoms with van der Waals surface area (Å²) in [5.41, 5.74) is 2.60. The summed E-state index contributed by atoms with van der Waals surface area (Å²) in [5, 5.41) is 23.6. The number of aliphatic hydroxyl groups excluding tert-OH is 1. The Labute approximate surface area is 248 Å². The summed E-state index contributed by atoms with van der Waals surface area (Å²) in [5.74, 6) is -1.81. The molecule has 4 rings (SSSR count). The molecule has 12 heteroatoms. The van der Waals surface area contributed by atoms with Crippen molar-refractivity contribution in [1.82, 2.24) is 10.2 Å². The number of carbonyl (C=O) groups is 3. The minimum Gasteiger partial charge on any atom is -0.479 e. The standard InChI is InChI=1S/C31H38F3N3O6/c1-30(2,3)20-6-10-22(11-7-20)37(29(42)36-21-8-12-23(13-9-21)43-31(32,33)34)25-15-5-18-16-19(4-14-24(18)25)27(39)35-17-26(38)28(40)41/h4,8-9,12-14,16,20,22,25-26,38H,5-7,10-11,15,17H2,1-3H3,(H,35,39)(H,36,42)(H,40,41)/t20?,22?,25?,26-/m1/s1. The minimum atomic E-state index is -4.82. The van der Waals surface area contributed by atoms with E-state index >= 15 is 0 Å². The van der Waals surface area contributed by atoms with E-state index in [0.717, 1.165) is 48.9 Å². The molecule has 1 unspecified atom stereocenters. The molecular weight excluding hydrogens is 567 g/mol. The molecule has 2 atom stereocenters. The SMILES string of the molecule is CC(C)(C)C1CCC(N(C(=O)Nc2ccc(OC(F)(F)F)cc2)C2CCc3cc(C(=O)NC[C@@H](O)C(=O)O)ccc32)CC1. The normalized spacial score (nSPS) is 21.0. The number of fused-ring (bicyclic) bond motifs is 1. The second-order valence-electron chi connectivity index (χ2n) is 12.3. The lowest BCUT2D eigenvalue weighted by Crippen LogP contribution is -2.47. The number of halogens is 3. The summed E-state index contributed by atoms with van der Waals surface area (Å²) < 4.78 is 41.7. The molecule has 0 aromatic heterocycles. The van der Waals surface area contributed by atoms with Crippen LogP contribution in [-0.2, 0) is 11.2 Å². The Kier molecular flexibility index (Phi) is 9.58. The first-order valence-electron chi connectivity index (χ1n) is 14.4. The summed E-state index contributed by atoms with van der Waals surface area (Å²) in [6, 6.07) is 9.49. The van der Waals surface area contributed by atoms with E-state index in [9.17, 15) is 32.7 Å². The maximum Gasteiger partial charge on any atom is 0.573 e. The number of alkyl halides is 3. The summed E-state index contributed by atoms with van der Waals surface area (Å²) in [4.78, 5) is 39.1. The number of nitrogens with one attached hydrogen (secondary N) is 2. The Bertz CT molecular complexity index is 1320. The van der Waals surface area contributed by atoms with Gasteiger partial charge in [-0.15, -0.1) is 13.2 Å². The Hall–Kier alpha value is -3.80. The number of ether oxygens (including phenoxy) is 1. The molecule has 2 aliphatic rings. The first-order chi connectivity index (χ1) is 20.1. The van der Waals surface area contributed by atoms with Crippen LogP contribution in [0.25, 0.3) is 0 Å². The average Bonchev–Trinajstić information content (AvgIpc) is 3.34. The van der Waals surface area contributed by atoms with Crippen molar-refractivity contribution in [3.05, 3.63) is 59.2 Å². The number of rotatable bonds is 8. The number of benzene rings is 2. The monoisotopic (exact) mass is 605 g/mol. The van der Waals surface area contributed by atoms with Gasteiger partial charge in [-0.2, -0.15) is 0 Å². The zero-order valence-electron chi connectivity index (χ0n) is 24.4. The number of anilines is 1. The maximum atomic E-state index is 13.8. The summed E-state index contributed by atoms with van der Waals surface area (Å²) in [6.45, 7) is 6.23. The van der Waals surface area contributed by atoms with E-state index in [1.54, 1.807) is 18.2 Å². The van der Waals surface area contributed by atoms with Gasteiger partial charge in [0.2, 0.25) is 0 Å². The van der Waals surface area contributed by atoms with Crippen molar-refractivity contribution in [3.63, 3.8) is 0 Å². The van der Waals surface area contributed by atoms with Crippen molar-refractivity contribution in [1.29, 1.82) is 0 Å². The Morgan fingerprint density at radius 3 is 2.23 bits per heavy atom. The predicted octanol–water partition coefficient (Wildman–Crippen LogP) is 5.89. The van der Waals surface area contributed by atoms with Gasteiger partial charge in [0.15, 0.2) is 6.10 Å².